The Kier molecular flexibility index (Phi) is 3.60. The van der Waals surface area contributed by atoms with Gasteiger partial charge in [0.15, 0.2) is 0 Å². The predicted octanol–water partition coefficient (Wildman–Crippen LogP) is 3.55. The zero-order valence-electron chi connectivity index (χ0n) is 7.43. The Balaban J connectivity index is 2.72. The molecule has 0 bridgehead atoms. The second-order valence-corrected chi connectivity index (χ2v) is 3.64. The average Bonchev–Trinajstić information content (AvgIpc) is 2.03. The molecular formula is C10H13BrO. The average molecular weight is 229 g/mol. The van der Waals surface area contributed by atoms with Crippen LogP contribution in [0.15, 0.2) is 22.7 Å². The Labute approximate surface area is 81.9 Å². The highest BCUT2D eigenvalue weighted by Gasteiger charge is 1.99. The molecule has 1 aromatic carbocycles. The molecule has 66 valence electrons. The van der Waals surface area contributed by atoms with E-state index in [-0.39, 0.29) is 0 Å². The maximum Gasteiger partial charge on any atom is 0.133 e. The lowest BCUT2D eigenvalue weighted by Crippen LogP contribution is -1.95. The molecular weight excluding hydrogens is 216 g/mol. The molecule has 1 nitrogen and oxygen atoms in total. The van der Waals surface area contributed by atoms with Gasteiger partial charge in [-0.05, 0) is 47.0 Å². The van der Waals surface area contributed by atoms with E-state index in [1.807, 2.05) is 6.07 Å². The molecule has 0 radical (unpaired) electrons. The van der Waals surface area contributed by atoms with E-state index in [0.717, 1.165) is 23.2 Å². The Morgan fingerprint density at radius 3 is 2.75 bits per heavy atom. The number of rotatable bonds is 3. The standard InChI is InChI=1S/C10H13BrO/c1-3-6-12-10-5-4-8(2)7-9(10)11/h4-5,7H,3,6H2,1-2H3. The third-order valence-electron chi connectivity index (χ3n) is 1.55. The van der Waals surface area contributed by atoms with Crippen molar-refractivity contribution >= 4 is 15.9 Å². The fourth-order valence-electron chi connectivity index (χ4n) is 0.935. The first-order valence-electron chi connectivity index (χ1n) is 4.13. The Hall–Kier alpha value is -0.500. The fourth-order valence-corrected chi connectivity index (χ4v) is 1.54. The number of benzene rings is 1. The van der Waals surface area contributed by atoms with Crippen molar-refractivity contribution in [1.29, 1.82) is 0 Å². The Bertz CT molecular complexity index is 258. The summed E-state index contributed by atoms with van der Waals surface area (Å²) in [5.41, 5.74) is 1.24. The van der Waals surface area contributed by atoms with Gasteiger partial charge in [-0.25, -0.2) is 0 Å². The summed E-state index contributed by atoms with van der Waals surface area (Å²) < 4.78 is 6.53. The van der Waals surface area contributed by atoms with E-state index in [4.69, 9.17) is 4.74 Å². The lowest BCUT2D eigenvalue weighted by atomic mass is 10.2. The van der Waals surface area contributed by atoms with Crippen LogP contribution in [0.1, 0.15) is 18.9 Å². The highest BCUT2D eigenvalue weighted by atomic mass is 79.9. The minimum Gasteiger partial charge on any atom is -0.492 e. The summed E-state index contributed by atoms with van der Waals surface area (Å²) in [7, 11) is 0. The van der Waals surface area contributed by atoms with Gasteiger partial charge in [0.2, 0.25) is 0 Å². The molecule has 0 heterocycles. The topological polar surface area (TPSA) is 9.23 Å². The second-order valence-electron chi connectivity index (χ2n) is 2.78. The van der Waals surface area contributed by atoms with Crippen molar-refractivity contribution in [2.75, 3.05) is 6.61 Å². The van der Waals surface area contributed by atoms with Gasteiger partial charge in [0.05, 0.1) is 11.1 Å². The number of hydrogen-bond donors (Lipinski definition) is 0. The summed E-state index contributed by atoms with van der Waals surface area (Å²) in [4.78, 5) is 0. The summed E-state index contributed by atoms with van der Waals surface area (Å²) in [5.74, 6) is 0.933. The monoisotopic (exact) mass is 228 g/mol. The summed E-state index contributed by atoms with van der Waals surface area (Å²) in [5, 5.41) is 0. The van der Waals surface area contributed by atoms with Gasteiger partial charge in [0.1, 0.15) is 5.75 Å². The van der Waals surface area contributed by atoms with E-state index in [2.05, 4.69) is 41.9 Å². The SMILES string of the molecule is CCCOc1ccc(C)cc1Br. The van der Waals surface area contributed by atoms with Crippen molar-refractivity contribution in [2.24, 2.45) is 0 Å². The molecule has 0 aromatic heterocycles. The highest BCUT2D eigenvalue weighted by Crippen LogP contribution is 2.25. The van der Waals surface area contributed by atoms with Crippen LogP contribution >= 0.6 is 15.9 Å². The van der Waals surface area contributed by atoms with Crippen molar-refractivity contribution in [2.45, 2.75) is 20.3 Å². The molecule has 0 spiro atoms. The molecule has 0 amide bonds. The van der Waals surface area contributed by atoms with Gasteiger partial charge in [0, 0.05) is 0 Å². The second kappa shape index (κ2) is 4.51. The molecule has 2 heteroatoms. The van der Waals surface area contributed by atoms with Crippen molar-refractivity contribution in [3.63, 3.8) is 0 Å². The molecule has 0 aliphatic carbocycles. The summed E-state index contributed by atoms with van der Waals surface area (Å²) in [6.45, 7) is 4.94. The molecule has 0 unspecified atom stereocenters. The smallest absolute Gasteiger partial charge is 0.133 e. The van der Waals surface area contributed by atoms with Gasteiger partial charge in [-0.2, -0.15) is 0 Å². The molecule has 0 aliphatic heterocycles. The van der Waals surface area contributed by atoms with E-state index < -0.39 is 0 Å². The minimum absolute atomic E-state index is 0.779. The third-order valence-corrected chi connectivity index (χ3v) is 2.17. The molecule has 0 saturated carbocycles. The van der Waals surface area contributed by atoms with Crippen molar-refractivity contribution in [3.8, 4) is 5.75 Å². The fraction of sp³-hybridized carbons (Fsp3) is 0.400. The van der Waals surface area contributed by atoms with E-state index in [1.54, 1.807) is 0 Å². The normalized spacial score (nSPS) is 9.92. The van der Waals surface area contributed by atoms with E-state index in [0.29, 0.717) is 0 Å². The van der Waals surface area contributed by atoms with Crippen molar-refractivity contribution in [3.05, 3.63) is 28.2 Å². The molecule has 0 saturated heterocycles. The largest absolute Gasteiger partial charge is 0.492 e. The molecule has 0 atom stereocenters. The highest BCUT2D eigenvalue weighted by molar-refractivity contribution is 9.10. The Morgan fingerprint density at radius 2 is 2.17 bits per heavy atom. The van der Waals surface area contributed by atoms with Crippen LogP contribution in [0.5, 0.6) is 5.75 Å². The number of halogens is 1. The molecule has 0 N–H and O–H groups in total. The van der Waals surface area contributed by atoms with Crippen LogP contribution in [0.3, 0.4) is 0 Å². The third kappa shape index (κ3) is 2.52. The summed E-state index contributed by atoms with van der Waals surface area (Å²) >= 11 is 3.45. The molecule has 0 aliphatic rings. The van der Waals surface area contributed by atoms with Gasteiger partial charge >= 0.3 is 0 Å². The van der Waals surface area contributed by atoms with Crippen LogP contribution in [0, 0.1) is 6.92 Å². The zero-order chi connectivity index (χ0) is 8.97. The van der Waals surface area contributed by atoms with Gasteiger partial charge < -0.3 is 4.74 Å². The number of ether oxygens (including phenoxy) is 1. The lowest BCUT2D eigenvalue weighted by Gasteiger charge is -2.06. The van der Waals surface area contributed by atoms with Crippen molar-refractivity contribution in [1.82, 2.24) is 0 Å². The molecule has 1 rings (SSSR count). The predicted molar refractivity (Wildman–Crippen MR) is 54.7 cm³/mol. The molecule has 1 aromatic rings. The lowest BCUT2D eigenvalue weighted by molar-refractivity contribution is 0.315. The van der Waals surface area contributed by atoms with Crippen LogP contribution in [0.4, 0.5) is 0 Å². The van der Waals surface area contributed by atoms with E-state index in [1.165, 1.54) is 5.56 Å². The number of hydrogen-bond acceptors (Lipinski definition) is 1. The van der Waals surface area contributed by atoms with Crippen LogP contribution < -0.4 is 4.74 Å². The summed E-state index contributed by atoms with van der Waals surface area (Å²) in [6.07, 6.45) is 1.04. The maximum absolute atomic E-state index is 5.49. The van der Waals surface area contributed by atoms with Crippen molar-refractivity contribution < 1.29 is 4.74 Å². The maximum atomic E-state index is 5.49. The quantitative estimate of drug-likeness (QED) is 0.770. The van der Waals surface area contributed by atoms with Crippen LogP contribution in [0.25, 0.3) is 0 Å². The van der Waals surface area contributed by atoms with Gasteiger partial charge in [-0.1, -0.05) is 13.0 Å². The van der Waals surface area contributed by atoms with Crippen LogP contribution in [0.2, 0.25) is 0 Å². The van der Waals surface area contributed by atoms with Crippen LogP contribution in [-0.4, -0.2) is 6.61 Å². The summed E-state index contributed by atoms with van der Waals surface area (Å²) in [6, 6.07) is 6.11. The zero-order valence-corrected chi connectivity index (χ0v) is 9.02. The first kappa shape index (κ1) is 9.59. The van der Waals surface area contributed by atoms with E-state index in [9.17, 15) is 0 Å². The van der Waals surface area contributed by atoms with Crippen LogP contribution in [-0.2, 0) is 0 Å². The van der Waals surface area contributed by atoms with Gasteiger partial charge in [0.25, 0.3) is 0 Å². The van der Waals surface area contributed by atoms with Gasteiger partial charge in [-0.15, -0.1) is 0 Å². The van der Waals surface area contributed by atoms with E-state index >= 15 is 0 Å². The molecule has 12 heavy (non-hydrogen) atoms. The first-order chi connectivity index (χ1) is 5.74. The Morgan fingerprint density at radius 1 is 1.42 bits per heavy atom. The first-order valence-corrected chi connectivity index (χ1v) is 4.92. The molecule has 0 fully saturated rings. The van der Waals surface area contributed by atoms with Gasteiger partial charge in [-0.3, -0.25) is 0 Å². The number of aryl methyl sites for hydroxylation is 1. The minimum atomic E-state index is 0.779.